The fraction of sp³-hybridized carbons (Fsp3) is 0.308. The number of benzene rings is 1. The van der Waals surface area contributed by atoms with Crippen LogP contribution in [0.25, 0.3) is 0 Å². The first-order chi connectivity index (χ1) is 7.60. The standard InChI is InChI=1S/C13H15FO2/c1-4-12(9(2)13(15)16-3)10-5-7-11(14)8-6-10/h5-8,12H,2,4H2,1,3H3/t12-/m0/s1. The number of carbonyl (C=O) groups excluding carboxylic acids is 1. The van der Waals surface area contributed by atoms with Gasteiger partial charge in [0.15, 0.2) is 0 Å². The molecule has 0 saturated heterocycles. The molecule has 16 heavy (non-hydrogen) atoms. The number of esters is 1. The van der Waals surface area contributed by atoms with Gasteiger partial charge in [0.2, 0.25) is 0 Å². The molecule has 1 aromatic carbocycles. The molecule has 0 fully saturated rings. The second kappa shape index (κ2) is 5.45. The van der Waals surface area contributed by atoms with Gasteiger partial charge in [0.25, 0.3) is 0 Å². The third-order valence-electron chi connectivity index (χ3n) is 2.55. The van der Waals surface area contributed by atoms with Crippen LogP contribution in [0, 0.1) is 5.82 Å². The van der Waals surface area contributed by atoms with Gasteiger partial charge in [0.05, 0.1) is 7.11 Å². The predicted molar refractivity (Wildman–Crippen MR) is 60.6 cm³/mol. The van der Waals surface area contributed by atoms with Crippen molar-refractivity contribution >= 4 is 5.97 Å². The average Bonchev–Trinajstić information content (AvgIpc) is 2.31. The molecule has 1 atom stereocenters. The Balaban J connectivity index is 2.94. The normalized spacial score (nSPS) is 11.9. The summed E-state index contributed by atoms with van der Waals surface area (Å²) in [6, 6.07) is 6.08. The molecule has 0 bridgehead atoms. The molecule has 0 amide bonds. The Morgan fingerprint density at radius 2 is 2.00 bits per heavy atom. The Hall–Kier alpha value is -1.64. The zero-order valence-corrected chi connectivity index (χ0v) is 9.50. The fourth-order valence-corrected chi connectivity index (χ4v) is 1.65. The highest BCUT2D eigenvalue weighted by molar-refractivity contribution is 5.89. The monoisotopic (exact) mass is 222 g/mol. The Labute approximate surface area is 94.7 Å². The molecular formula is C13H15FO2. The van der Waals surface area contributed by atoms with Gasteiger partial charge in [-0.15, -0.1) is 0 Å². The minimum absolute atomic E-state index is 0.118. The second-order valence-electron chi connectivity index (χ2n) is 3.53. The van der Waals surface area contributed by atoms with E-state index in [9.17, 15) is 9.18 Å². The molecule has 0 unspecified atom stereocenters. The Bertz CT molecular complexity index is 381. The summed E-state index contributed by atoms with van der Waals surface area (Å²) in [5.74, 6) is -0.827. The van der Waals surface area contributed by atoms with Gasteiger partial charge in [0.1, 0.15) is 5.82 Å². The van der Waals surface area contributed by atoms with E-state index in [0.29, 0.717) is 5.57 Å². The molecule has 0 spiro atoms. The maximum absolute atomic E-state index is 12.8. The molecule has 3 heteroatoms. The zero-order chi connectivity index (χ0) is 12.1. The molecule has 0 aliphatic rings. The van der Waals surface area contributed by atoms with Crippen molar-refractivity contribution in [3.63, 3.8) is 0 Å². The maximum atomic E-state index is 12.8. The molecule has 1 aromatic rings. The van der Waals surface area contributed by atoms with Crippen molar-refractivity contribution in [2.75, 3.05) is 7.11 Å². The van der Waals surface area contributed by atoms with E-state index >= 15 is 0 Å². The van der Waals surface area contributed by atoms with E-state index in [0.717, 1.165) is 12.0 Å². The molecule has 0 N–H and O–H groups in total. The molecule has 2 nitrogen and oxygen atoms in total. The van der Waals surface area contributed by atoms with E-state index < -0.39 is 5.97 Å². The van der Waals surface area contributed by atoms with Gasteiger partial charge in [-0.05, 0) is 24.1 Å². The quantitative estimate of drug-likeness (QED) is 0.578. The van der Waals surface area contributed by atoms with Crippen LogP contribution in [0.15, 0.2) is 36.4 Å². The largest absolute Gasteiger partial charge is 0.466 e. The summed E-state index contributed by atoms with van der Waals surface area (Å²) < 4.78 is 17.4. The summed E-state index contributed by atoms with van der Waals surface area (Å²) in [6.45, 7) is 5.67. The Morgan fingerprint density at radius 1 is 1.44 bits per heavy atom. The summed E-state index contributed by atoms with van der Waals surface area (Å²) >= 11 is 0. The van der Waals surface area contributed by atoms with Crippen LogP contribution in [-0.2, 0) is 9.53 Å². The van der Waals surface area contributed by atoms with E-state index in [1.807, 2.05) is 6.92 Å². The summed E-state index contributed by atoms with van der Waals surface area (Å²) in [6.07, 6.45) is 0.722. The highest BCUT2D eigenvalue weighted by atomic mass is 19.1. The van der Waals surface area contributed by atoms with Gasteiger partial charge in [-0.2, -0.15) is 0 Å². The molecular weight excluding hydrogens is 207 g/mol. The van der Waals surface area contributed by atoms with Gasteiger partial charge >= 0.3 is 5.97 Å². The van der Waals surface area contributed by atoms with Crippen LogP contribution in [0.3, 0.4) is 0 Å². The van der Waals surface area contributed by atoms with Crippen molar-refractivity contribution in [1.82, 2.24) is 0 Å². The first-order valence-electron chi connectivity index (χ1n) is 5.12. The number of methoxy groups -OCH3 is 1. The van der Waals surface area contributed by atoms with Crippen LogP contribution in [0.4, 0.5) is 4.39 Å². The summed E-state index contributed by atoms with van der Waals surface area (Å²) in [4.78, 5) is 11.4. The molecule has 86 valence electrons. The maximum Gasteiger partial charge on any atom is 0.333 e. The summed E-state index contributed by atoms with van der Waals surface area (Å²) in [5.41, 5.74) is 1.27. The van der Waals surface area contributed by atoms with E-state index in [1.165, 1.54) is 19.2 Å². The lowest BCUT2D eigenvalue weighted by molar-refractivity contribution is -0.136. The molecule has 0 aromatic heterocycles. The van der Waals surface area contributed by atoms with Crippen LogP contribution in [-0.4, -0.2) is 13.1 Å². The lowest BCUT2D eigenvalue weighted by Crippen LogP contribution is -2.11. The number of halogens is 1. The molecule has 0 aliphatic carbocycles. The average molecular weight is 222 g/mol. The number of hydrogen-bond acceptors (Lipinski definition) is 2. The second-order valence-corrected chi connectivity index (χ2v) is 3.53. The van der Waals surface area contributed by atoms with Gasteiger partial charge in [-0.1, -0.05) is 25.6 Å². The predicted octanol–water partition coefficient (Wildman–Crippen LogP) is 3.05. The number of rotatable bonds is 4. The summed E-state index contributed by atoms with van der Waals surface area (Å²) in [7, 11) is 1.32. The van der Waals surface area contributed by atoms with Crippen LogP contribution < -0.4 is 0 Å². The van der Waals surface area contributed by atoms with E-state index in [1.54, 1.807) is 12.1 Å². The SMILES string of the molecule is C=C(C(=O)OC)[C@H](CC)c1ccc(F)cc1. The summed E-state index contributed by atoms with van der Waals surface area (Å²) in [5, 5.41) is 0. The molecule has 0 saturated carbocycles. The first kappa shape index (κ1) is 12.4. The fourth-order valence-electron chi connectivity index (χ4n) is 1.65. The zero-order valence-electron chi connectivity index (χ0n) is 9.50. The van der Waals surface area contributed by atoms with Gasteiger partial charge in [0, 0.05) is 11.5 Å². The van der Waals surface area contributed by atoms with E-state index in [4.69, 9.17) is 0 Å². The van der Waals surface area contributed by atoms with Crippen LogP contribution >= 0.6 is 0 Å². The van der Waals surface area contributed by atoms with Crippen LogP contribution in [0.1, 0.15) is 24.8 Å². The van der Waals surface area contributed by atoms with Crippen molar-refractivity contribution < 1.29 is 13.9 Å². The van der Waals surface area contributed by atoms with Crippen molar-refractivity contribution in [3.8, 4) is 0 Å². The topological polar surface area (TPSA) is 26.3 Å². The molecule has 0 radical (unpaired) electrons. The Kier molecular flexibility index (Phi) is 4.23. The van der Waals surface area contributed by atoms with E-state index in [-0.39, 0.29) is 11.7 Å². The third kappa shape index (κ3) is 2.69. The lowest BCUT2D eigenvalue weighted by atomic mass is 9.90. The van der Waals surface area contributed by atoms with Gasteiger partial charge in [-0.3, -0.25) is 0 Å². The number of ether oxygens (including phenoxy) is 1. The lowest BCUT2D eigenvalue weighted by Gasteiger charge is -2.16. The van der Waals surface area contributed by atoms with Crippen molar-refractivity contribution in [3.05, 3.63) is 47.8 Å². The highest BCUT2D eigenvalue weighted by Crippen LogP contribution is 2.27. The first-order valence-corrected chi connectivity index (χ1v) is 5.12. The molecule has 1 rings (SSSR count). The number of hydrogen-bond donors (Lipinski definition) is 0. The highest BCUT2D eigenvalue weighted by Gasteiger charge is 2.19. The smallest absolute Gasteiger partial charge is 0.333 e. The van der Waals surface area contributed by atoms with Crippen molar-refractivity contribution in [2.24, 2.45) is 0 Å². The van der Waals surface area contributed by atoms with Crippen molar-refractivity contribution in [2.45, 2.75) is 19.3 Å². The molecule has 0 aliphatic heterocycles. The Morgan fingerprint density at radius 3 is 2.44 bits per heavy atom. The van der Waals surface area contributed by atoms with Crippen LogP contribution in [0.5, 0.6) is 0 Å². The van der Waals surface area contributed by atoms with Gasteiger partial charge < -0.3 is 4.74 Å². The van der Waals surface area contributed by atoms with Crippen LogP contribution in [0.2, 0.25) is 0 Å². The molecule has 0 heterocycles. The number of carbonyl (C=O) groups is 1. The van der Waals surface area contributed by atoms with Gasteiger partial charge in [-0.25, -0.2) is 9.18 Å². The third-order valence-corrected chi connectivity index (χ3v) is 2.55. The minimum atomic E-state index is -0.420. The van der Waals surface area contributed by atoms with E-state index in [2.05, 4.69) is 11.3 Å². The van der Waals surface area contributed by atoms with Crippen molar-refractivity contribution in [1.29, 1.82) is 0 Å². The minimum Gasteiger partial charge on any atom is -0.466 e.